The molecular weight excluding hydrogens is 447 g/mol. The lowest BCUT2D eigenvalue weighted by Crippen LogP contribution is -2.20. The average Bonchev–Trinajstić information content (AvgIpc) is 3.38. The first-order chi connectivity index (χ1) is 17.2. The molecule has 164 valence electrons. The maximum absolute atomic E-state index is 14.9. The highest BCUT2D eigenvalue weighted by Gasteiger charge is 2.40. The molecule has 0 aliphatic carbocycles. The molecule has 0 amide bonds. The molecule has 0 bridgehead atoms. The van der Waals surface area contributed by atoms with E-state index in [-0.39, 0.29) is 0 Å². The van der Waals surface area contributed by atoms with Crippen molar-refractivity contribution in [3.05, 3.63) is 121 Å². The lowest BCUT2D eigenvalue weighted by Gasteiger charge is -2.16. The van der Waals surface area contributed by atoms with E-state index in [0.29, 0.717) is 5.56 Å². The van der Waals surface area contributed by atoms with Crippen molar-refractivity contribution in [2.45, 2.75) is 0 Å². The Morgan fingerprint density at radius 2 is 1.34 bits per heavy atom. The first kappa shape index (κ1) is 20.0. The van der Waals surface area contributed by atoms with Crippen molar-refractivity contribution in [1.29, 1.82) is 5.26 Å². The molecule has 3 nitrogen and oxygen atoms in total. The number of para-hydroxylation sites is 1. The van der Waals surface area contributed by atoms with Gasteiger partial charge in [0.15, 0.2) is 7.14 Å². The number of rotatable bonds is 2. The minimum atomic E-state index is -3.00. The third kappa shape index (κ3) is 2.69. The van der Waals surface area contributed by atoms with E-state index in [4.69, 9.17) is 0 Å². The normalized spacial score (nSPS) is 16.2. The van der Waals surface area contributed by atoms with E-state index in [0.717, 1.165) is 54.5 Å². The lowest BCUT2D eigenvalue weighted by molar-refractivity contribution is 0.593. The molecule has 4 heteroatoms. The third-order valence-corrected chi connectivity index (χ3v) is 10.2. The van der Waals surface area contributed by atoms with Crippen molar-refractivity contribution >= 4 is 44.9 Å². The van der Waals surface area contributed by atoms with E-state index < -0.39 is 7.14 Å². The van der Waals surface area contributed by atoms with Gasteiger partial charge in [-0.2, -0.15) is 5.26 Å². The summed E-state index contributed by atoms with van der Waals surface area (Å²) >= 11 is 0. The summed E-state index contributed by atoms with van der Waals surface area (Å²) in [6.45, 7) is 0. The monoisotopic (exact) mass is 466 g/mol. The molecule has 1 unspecified atom stereocenters. The Morgan fingerprint density at radius 1 is 0.629 bits per heavy atom. The van der Waals surface area contributed by atoms with Crippen LogP contribution in [-0.2, 0) is 4.57 Å². The summed E-state index contributed by atoms with van der Waals surface area (Å²) in [6, 6.07) is 40.5. The Bertz CT molecular complexity index is 1880. The van der Waals surface area contributed by atoms with Crippen LogP contribution in [0.3, 0.4) is 0 Å². The van der Waals surface area contributed by atoms with Gasteiger partial charge in [-0.3, -0.25) is 0 Å². The van der Waals surface area contributed by atoms with Crippen molar-refractivity contribution in [3.63, 3.8) is 0 Å². The first-order valence-corrected chi connectivity index (χ1v) is 13.2. The third-order valence-electron chi connectivity index (χ3n) is 7.04. The molecule has 2 heterocycles. The van der Waals surface area contributed by atoms with E-state index in [1.54, 1.807) is 0 Å². The Kier molecular flexibility index (Phi) is 4.18. The molecule has 0 spiro atoms. The molecule has 1 aromatic heterocycles. The molecule has 1 aliphatic heterocycles. The van der Waals surface area contributed by atoms with Gasteiger partial charge in [0.05, 0.1) is 22.7 Å². The molecule has 7 rings (SSSR count). The van der Waals surface area contributed by atoms with Gasteiger partial charge in [-0.1, -0.05) is 72.8 Å². The SMILES string of the molecule is N#Cc1ccc(-n2c3ccccc3c3cc4c(cc32)-c2ccccc2P4(=O)c2ccccc2)cc1. The van der Waals surface area contributed by atoms with E-state index in [2.05, 4.69) is 41.0 Å². The number of hydrogen-bond acceptors (Lipinski definition) is 2. The van der Waals surface area contributed by atoms with Gasteiger partial charge in [-0.15, -0.1) is 0 Å². The molecule has 5 aromatic carbocycles. The minimum Gasteiger partial charge on any atom is -0.309 e. The average molecular weight is 466 g/mol. The molecule has 0 saturated carbocycles. The van der Waals surface area contributed by atoms with Crippen LogP contribution < -0.4 is 15.9 Å². The molecule has 0 N–H and O–H groups in total. The number of hydrogen-bond donors (Lipinski definition) is 0. The Balaban J connectivity index is 1.61. The standard InChI is InChI=1S/C31H19N2OP/c32-20-21-14-16-22(17-15-21)33-28-12-6-4-10-24(28)26-19-31-27(18-29(26)33)25-11-5-7-13-30(25)35(31,34)23-8-2-1-3-9-23/h1-19H. The Hall–Kier alpha value is -4.38. The van der Waals surface area contributed by atoms with Crippen LogP contribution in [0.25, 0.3) is 38.6 Å². The van der Waals surface area contributed by atoms with Gasteiger partial charge < -0.3 is 9.13 Å². The van der Waals surface area contributed by atoms with Crippen LogP contribution in [0.1, 0.15) is 5.56 Å². The van der Waals surface area contributed by atoms with Crippen LogP contribution in [0.15, 0.2) is 115 Å². The summed E-state index contributed by atoms with van der Waals surface area (Å²) in [4.78, 5) is 0. The highest BCUT2D eigenvalue weighted by atomic mass is 31.2. The summed E-state index contributed by atoms with van der Waals surface area (Å²) in [5.41, 5.74) is 5.83. The second-order valence-corrected chi connectivity index (χ2v) is 11.6. The van der Waals surface area contributed by atoms with Crippen molar-refractivity contribution in [3.8, 4) is 22.9 Å². The van der Waals surface area contributed by atoms with E-state index in [9.17, 15) is 9.83 Å². The van der Waals surface area contributed by atoms with Crippen molar-refractivity contribution in [2.75, 3.05) is 0 Å². The quantitative estimate of drug-likeness (QED) is 0.282. The topological polar surface area (TPSA) is 45.8 Å². The molecule has 0 saturated heterocycles. The maximum Gasteiger partial charge on any atom is 0.172 e. The van der Waals surface area contributed by atoms with Crippen LogP contribution in [-0.4, -0.2) is 4.57 Å². The summed E-state index contributed by atoms with van der Waals surface area (Å²) < 4.78 is 17.2. The van der Waals surface area contributed by atoms with E-state index >= 15 is 0 Å². The predicted octanol–water partition coefficient (Wildman–Crippen LogP) is 6.28. The molecule has 6 aromatic rings. The van der Waals surface area contributed by atoms with Crippen molar-refractivity contribution in [2.24, 2.45) is 0 Å². The predicted molar refractivity (Wildman–Crippen MR) is 144 cm³/mol. The fourth-order valence-corrected chi connectivity index (χ4v) is 8.54. The highest BCUT2D eigenvalue weighted by molar-refractivity contribution is 7.86. The zero-order valence-electron chi connectivity index (χ0n) is 18.7. The summed E-state index contributed by atoms with van der Waals surface area (Å²) in [6.07, 6.45) is 0. The van der Waals surface area contributed by atoms with Gasteiger partial charge in [0, 0.05) is 32.4 Å². The Morgan fingerprint density at radius 3 is 2.14 bits per heavy atom. The largest absolute Gasteiger partial charge is 0.309 e. The van der Waals surface area contributed by atoms with Crippen molar-refractivity contribution in [1.82, 2.24) is 4.57 Å². The zero-order valence-corrected chi connectivity index (χ0v) is 19.6. The van der Waals surface area contributed by atoms with Gasteiger partial charge in [0.2, 0.25) is 0 Å². The molecular formula is C31H19N2OP. The minimum absolute atomic E-state index is 0.633. The number of nitriles is 1. The van der Waals surface area contributed by atoms with Crippen LogP contribution in [0.2, 0.25) is 0 Å². The molecule has 0 radical (unpaired) electrons. The molecule has 1 atom stereocenters. The lowest BCUT2D eigenvalue weighted by atomic mass is 10.0. The molecule has 0 fully saturated rings. The summed E-state index contributed by atoms with van der Waals surface area (Å²) in [5.74, 6) is 0. The second kappa shape index (κ2) is 7.31. The highest BCUT2D eigenvalue weighted by Crippen LogP contribution is 2.53. The number of aromatic nitrogens is 1. The number of fused-ring (bicyclic) bond motifs is 6. The van der Waals surface area contributed by atoms with Crippen LogP contribution in [0.4, 0.5) is 0 Å². The number of benzene rings is 5. The Labute approximate surface area is 202 Å². The molecule has 35 heavy (non-hydrogen) atoms. The first-order valence-electron chi connectivity index (χ1n) is 11.5. The maximum atomic E-state index is 14.9. The van der Waals surface area contributed by atoms with Gasteiger partial charge in [-0.25, -0.2) is 0 Å². The van der Waals surface area contributed by atoms with E-state index in [1.807, 2.05) is 84.9 Å². The van der Waals surface area contributed by atoms with Crippen LogP contribution >= 0.6 is 7.14 Å². The van der Waals surface area contributed by atoms with Crippen LogP contribution in [0, 0.1) is 11.3 Å². The van der Waals surface area contributed by atoms with Gasteiger partial charge in [0.25, 0.3) is 0 Å². The van der Waals surface area contributed by atoms with Gasteiger partial charge in [0.1, 0.15) is 0 Å². The molecule has 1 aliphatic rings. The second-order valence-electron chi connectivity index (χ2n) is 8.86. The smallest absolute Gasteiger partial charge is 0.172 e. The van der Waals surface area contributed by atoms with Gasteiger partial charge in [-0.05, 0) is 53.6 Å². The van der Waals surface area contributed by atoms with Gasteiger partial charge >= 0.3 is 0 Å². The van der Waals surface area contributed by atoms with Crippen molar-refractivity contribution < 1.29 is 4.57 Å². The van der Waals surface area contributed by atoms with Crippen LogP contribution in [0.5, 0.6) is 0 Å². The fraction of sp³-hybridized carbons (Fsp3) is 0. The number of nitrogens with zero attached hydrogens (tertiary/aromatic N) is 2. The summed E-state index contributed by atoms with van der Waals surface area (Å²) in [5, 5.41) is 14.1. The summed E-state index contributed by atoms with van der Waals surface area (Å²) in [7, 11) is -3.00. The zero-order chi connectivity index (χ0) is 23.6. The fourth-order valence-electron chi connectivity index (χ4n) is 5.47. The van der Waals surface area contributed by atoms with E-state index in [1.165, 1.54) is 0 Å².